The minimum absolute atomic E-state index is 0.236. The average Bonchev–Trinajstić information content (AvgIpc) is 3.01. The second-order valence-corrected chi connectivity index (χ2v) is 6.28. The van der Waals surface area contributed by atoms with E-state index in [4.69, 9.17) is 5.73 Å². The highest BCUT2D eigenvalue weighted by Crippen LogP contribution is 2.43. The highest BCUT2D eigenvalue weighted by Gasteiger charge is 2.40. The van der Waals surface area contributed by atoms with E-state index in [-0.39, 0.29) is 11.8 Å². The van der Waals surface area contributed by atoms with Gasteiger partial charge < -0.3 is 11.1 Å². The third-order valence-corrected chi connectivity index (χ3v) is 5.16. The van der Waals surface area contributed by atoms with E-state index >= 15 is 0 Å². The van der Waals surface area contributed by atoms with Crippen molar-refractivity contribution in [2.75, 3.05) is 6.54 Å². The van der Waals surface area contributed by atoms with Crippen LogP contribution in [0.25, 0.3) is 0 Å². The molecule has 0 aromatic carbocycles. The second kappa shape index (κ2) is 5.04. The molecular formula is C15H24N2O. The number of amides is 1. The van der Waals surface area contributed by atoms with Gasteiger partial charge in [-0.2, -0.15) is 0 Å². The summed E-state index contributed by atoms with van der Waals surface area (Å²) in [5.41, 5.74) is 5.82. The first-order chi connectivity index (χ1) is 8.78. The molecule has 18 heavy (non-hydrogen) atoms. The fourth-order valence-electron chi connectivity index (χ4n) is 4.05. The third kappa shape index (κ3) is 2.20. The molecule has 0 spiro atoms. The molecule has 3 rings (SSSR count). The Bertz CT molecular complexity index is 352. The van der Waals surface area contributed by atoms with E-state index < -0.39 is 0 Å². The van der Waals surface area contributed by atoms with Crippen molar-refractivity contribution < 1.29 is 4.79 Å². The maximum absolute atomic E-state index is 12.4. The molecule has 5 unspecified atom stereocenters. The molecule has 0 aliphatic heterocycles. The number of nitrogens with one attached hydrogen (secondary N) is 1. The van der Waals surface area contributed by atoms with Crippen LogP contribution in [0.2, 0.25) is 0 Å². The maximum Gasteiger partial charge on any atom is 0.223 e. The van der Waals surface area contributed by atoms with Crippen molar-refractivity contribution in [1.82, 2.24) is 5.32 Å². The average molecular weight is 248 g/mol. The quantitative estimate of drug-likeness (QED) is 0.749. The normalized spacial score (nSPS) is 42.2. The van der Waals surface area contributed by atoms with E-state index in [2.05, 4.69) is 17.5 Å². The Morgan fingerprint density at radius 3 is 2.72 bits per heavy atom. The van der Waals surface area contributed by atoms with Crippen LogP contribution in [0.3, 0.4) is 0 Å². The molecule has 0 heterocycles. The first-order valence-corrected chi connectivity index (χ1v) is 7.46. The van der Waals surface area contributed by atoms with Crippen molar-refractivity contribution in [3.05, 3.63) is 12.2 Å². The van der Waals surface area contributed by atoms with Crippen LogP contribution >= 0.6 is 0 Å². The van der Waals surface area contributed by atoms with Gasteiger partial charge in [0.05, 0.1) is 0 Å². The molecule has 100 valence electrons. The summed E-state index contributed by atoms with van der Waals surface area (Å²) in [6.07, 6.45) is 11.6. The lowest BCUT2D eigenvalue weighted by molar-refractivity contribution is -0.127. The molecule has 3 aliphatic carbocycles. The summed E-state index contributed by atoms with van der Waals surface area (Å²) in [5.74, 6) is 2.20. The molecule has 3 heteroatoms. The lowest BCUT2D eigenvalue weighted by Crippen LogP contribution is -2.47. The summed E-state index contributed by atoms with van der Waals surface area (Å²) in [5, 5.41) is 3.29. The predicted octanol–water partition coefficient (Wildman–Crippen LogP) is 1.83. The van der Waals surface area contributed by atoms with E-state index in [1.54, 1.807) is 0 Å². The molecule has 0 aromatic heterocycles. The first kappa shape index (κ1) is 12.2. The van der Waals surface area contributed by atoms with E-state index in [1.165, 1.54) is 25.7 Å². The number of allylic oxidation sites excluding steroid dienone is 2. The summed E-state index contributed by atoms with van der Waals surface area (Å²) in [7, 11) is 0. The van der Waals surface area contributed by atoms with Gasteiger partial charge in [0.15, 0.2) is 0 Å². The van der Waals surface area contributed by atoms with E-state index in [9.17, 15) is 4.79 Å². The Balaban J connectivity index is 1.58. The Morgan fingerprint density at radius 1 is 1.22 bits per heavy atom. The number of hydrogen-bond acceptors (Lipinski definition) is 2. The van der Waals surface area contributed by atoms with E-state index in [0.29, 0.717) is 30.3 Å². The number of nitrogens with two attached hydrogens (primary N) is 1. The molecule has 2 bridgehead atoms. The van der Waals surface area contributed by atoms with Gasteiger partial charge in [-0.05, 0) is 50.0 Å². The van der Waals surface area contributed by atoms with Crippen LogP contribution in [-0.2, 0) is 4.79 Å². The Morgan fingerprint density at radius 2 is 2.06 bits per heavy atom. The Labute approximate surface area is 109 Å². The van der Waals surface area contributed by atoms with Gasteiger partial charge in [-0.15, -0.1) is 0 Å². The smallest absolute Gasteiger partial charge is 0.223 e. The minimum atomic E-state index is 0.236. The van der Waals surface area contributed by atoms with Crippen LogP contribution in [0.15, 0.2) is 12.2 Å². The Hall–Kier alpha value is -0.830. The topological polar surface area (TPSA) is 55.1 Å². The molecule has 1 amide bonds. The van der Waals surface area contributed by atoms with Gasteiger partial charge in [-0.3, -0.25) is 4.79 Å². The van der Waals surface area contributed by atoms with Gasteiger partial charge in [-0.25, -0.2) is 0 Å². The van der Waals surface area contributed by atoms with Crippen molar-refractivity contribution in [2.24, 2.45) is 29.4 Å². The largest absolute Gasteiger partial charge is 0.353 e. The predicted molar refractivity (Wildman–Crippen MR) is 71.8 cm³/mol. The molecule has 2 fully saturated rings. The SMILES string of the molecule is NCC1CCCCC1NC(=O)C1CC2C=CC1C2. The molecule has 0 radical (unpaired) electrons. The van der Waals surface area contributed by atoms with Gasteiger partial charge in [-0.1, -0.05) is 25.0 Å². The van der Waals surface area contributed by atoms with Crippen LogP contribution in [0.1, 0.15) is 38.5 Å². The first-order valence-electron chi connectivity index (χ1n) is 7.46. The van der Waals surface area contributed by atoms with Crippen molar-refractivity contribution >= 4 is 5.91 Å². The highest BCUT2D eigenvalue weighted by atomic mass is 16.2. The molecular weight excluding hydrogens is 224 g/mol. The summed E-state index contributed by atoms with van der Waals surface area (Å²) in [4.78, 5) is 12.4. The molecule has 0 aromatic rings. The zero-order valence-electron chi connectivity index (χ0n) is 11.0. The lowest BCUT2D eigenvalue weighted by Gasteiger charge is -2.32. The van der Waals surface area contributed by atoms with Gasteiger partial charge >= 0.3 is 0 Å². The maximum atomic E-state index is 12.4. The minimum Gasteiger partial charge on any atom is -0.353 e. The highest BCUT2D eigenvalue weighted by molar-refractivity contribution is 5.80. The van der Waals surface area contributed by atoms with Crippen LogP contribution in [0.5, 0.6) is 0 Å². The monoisotopic (exact) mass is 248 g/mol. The van der Waals surface area contributed by atoms with Gasteiger partial charge in [0.25, 0.3) is 0 Å². The number of carbonyl (C=O) groups is 1. The Kier molecular flexibility index (Phi) is 3.42. The van der Waals surface area contributed by atoms with Gasteiger partial charge in [0, 0.05) is 12.0 Å². The number of fused-ring (bicyclic) bond motifs is 2. The summed E-state index contributed by atoms with van der Waals surface area (Å²) in [6.45, 7) is 0.710. The standard InChI is InChI=1S/C15H24N2O/c16-9-12-3-1-2-4-14(12)17-15(18)13-8-10-5-6-11(13)7-10/h5-6,10-14H,1-4,7-9,16H2,(H,17,18). The molecule has 2 saturated carbocycles. The van der Waals surface area contributed by atoms with Crippen LogP contribution < -0.4 is 11.1 Å². The van der Waals surface area contributed by atoms with Gasteiger partial charge in [0.2, 0.25) is 5.91 Å². The second-order valence-electron chi connectivity index (χ2n) is 6.28. The van der Waals surface area contributed by atoms with Gasteiger partial charge in [0.1, 0.15) is 0 Å². The third-order valence-electron chi connectivity index (χ3n) is 5.16. The zero-order valence-corrected chi connectivity index (χ0v) is 11.0. The van der Waals surface area contributed by atoms with Crippen LogP contribution in [-0.4, -0.2) is 18.5 Å². The van der Waals surface area contributed by atoms with Crippen molar-refractivity contribution in [3.63, 3.8) is 0 Å². The summed E-state index contributed by atoms with van der Waals surface area (Å²) in [6, 6.07) is 0.333. The molecule has 5 atom stereocenters. The molecule has 3 aliphatic rings. The summed E-state index contributed by atoms with van der Waals surface area (Å²) >= 11 is 0. The number of rotatable bonds is 3. The lowest BCUT2D eigenvalue weighted by atomic mass is 9.83. The number of carbonyl (C=O) groups excluding carboxylic acids is 1. The van der Waals surface area contributed by atoms with Crippen molar-refractivity contribution in [1.29, 1.82) is 0 Å². The van der Waals surface area contributed by atoms with Crippen molar-refractivity contribution in [2.45, 2.75) is 44.6 Å². The molecule has 3 nitrogen and oxygen atoms in total. The zero-order chi connectivity index (χ0) is 12.5. The molecule has 3 N–H and O–H groups in total. The summed E-state index contributed by atoms with van der Waals surface area (Å²) < 4.78 is 0. The fourth-order valence-corrected chi connectivity index (χ4v) is 4.05. The van der Waals surface area contributed by atoms with Crippen LogP contribution in [0, 0.1) is 23.7 Å². The van der Waals surface area contributed by atoms with Crippen LogP contribution in [0.4, 0.5) is 0 Å². The fraction of sp³-hybridized carbons (Fsp3) is 0.800. The van der Waals surface area contributed by atoms with E-state index in [0.717, 1.165) is 12.8 Å². The van der Waals surface area contributed by atoms with E-state index in [1.807, 2.05) is 0 Å². The molecule has 0 saturated heterocycles. The number of hydrogen-bond donors (Lipinski definition) is 2. The van der Waals surface area contributed by atoms with Crippen molar-refractivity contribution in [3.8, 4) is 0 Å².